The first-order valence-electron chi connectivity index (χ1n) is 22.5. The van der Waals surface area contributed by atoms with Crippen LogP contribution in [0.15, 0.2) is 41.5 Å². The summed E-state index contributed by atoms with van der Waals surface area (Å²) in [5.74, 6) is -2.59. The number of benzene rings is 1. The van der Waals surface area contributed by atoms with Gasteiger partial charge >= 0.3 is 0 Å². The molecule has 0 spiro atoms. The minimum absolute atomic E-state index is 0.0211. The van der Waals surface area contributed by atoms with Gasteiger partial charge < -0.3 is 10.6 Å². The summed E-state index contributed by atoms with van der Waals surface area (Å²) in [7, 11) is 0. The van der Waals surface area contributed by atoms with E-state index in [-0.39, 0.29) is 75.6 Å². The number of rotatable bonds is 9. The number of hydrogen-bond acceptors (Lipinski definition) is 9. The quantitative estimate of drug-likeness (QED) is 0.174. The van der Waals surface area contributed by atoms with Crippen molar-refractivity contribution in [2.45, 2.75) is 132 Å². The summed E-state index contributed by atoms with van der Waals surface area (Å²) in [6.07, 6.45) is 11.8. The van der Waals surface area contributed by atoms with Crippen molar-refractivity contribution in [1.82, 2.24) is 15.5 Å². The summed E-state index contributed by atoms with van der Waals surface area (Å²) in [6, 6.07) is 6.19. The number of nitriles is 1. The van der Waals surface area contributed by atoms with E-state index < -0.39 is 51.3 Å². The monoisotopic (exact) mass is 831 g/mol. The number of amides is 5. The zero-order chi connectivity index (χ0) is 44.1. The van der Waals surface area contributed by atoms with Crippen LogP contribution >= 0.6 is 0 Å². The van der Waals surface area contributed by atoms with Crippen LogP contribution in [-0.2, 0) is 24.0 Å². The zero-order valence-corrected chi connectivity index (χ0v) is 36.8. The Balaban J connectivity index is 0.933. The lowest BCUT2D eigenvalue weighted by atomic mass is 9.34. The largest absolute Gasteiger partial charge is 0.384 e. The van der Waals surface area contributed by atoms with Crippen LogP contribution in [-0.4, -0.2) is 65.1 Å². The number of ketones is 2. The Morgan fingerprint density at radius 1 is 0.885 bits per heavy atom. The second-order valence-corrected chi connectivity index (χ2v) is 21.3. The molecule has 3 saturated carbocycles. The average Bonchev–Trinajstić information content (AvgIpc) is 3.45. The molecule has 5 aliphatic carbocycles. The number of anilines is 1. The normalized spacial score (nSPS) is 35.9. The van der Waals surface area contributed by atoms with E-state index >= 15 is 0 Å². The molecular formula is C49H61N5O7. The van der Waals surface area contributed by atoms with Gasteiger partial charge in [0.2, 0.25) is 17.7 Å². The van der Waals surface area contributed by atoms with Crippen molar-refractivity contribution in [2.24, 2.45) is 50.2 Å². The van der Waals surface area contributed by atoms with Gasteiger partial charge in [-0.15, -0.1) is 0 Å². The lowest BCUT2D eigenvalue weighted by Gasteiger charge is -2.69. The molecule has 1 aromatic rings. The average molecular weight is 832 g/mol. The Labute approximate surface area is 359 Å². The minimum atomic E-state index is -1.03. The van der Waals surface area contributed by atoms with Crippen LogP contribution in [0.1, 0.15) is 146 Å². The number of nitrogens with zero attached hydrogens (tertiary/aromatic N) is 2. The maximum absolute atomic E-state index is 14.9. The summed E-state index contributed by atoms with van der Waals surface area (Å²) in [5.41, 5.74) is -0.528. The van der Waals surface area contributed by atoms with E-state index in [9.17, 15) is 38.8 Å². The van der Waals surface area contributed by atoms with E-state index in [2.05, 4.69) is 56.6 Å². The number of fused-ring (bicyclic) bond motifs is 8. The SMILES string of the molecule is CC1(C)CC[C@]2(C(=O)NCCCCCNc3cccc4c3C(=O)N(C3CCC(=O)NC3=O)C4=O)CC[C@]3(C)C(C(=O)C=C4[C@@]5(C)C=C(C#N)C(=O)C(C)(C)C5CC[C@]43C)C2C1. The van der Waals surface area contributed by atoms with Crippen LogP contribution in [0.5, 0.6) is 0 Å². The van der Waals surface area contributed by atoms with E-state index in [1.165, 1.54) is 0 Å². The molecule has 12 heteroatoms. The molecule has 7 aliphatic rings. The fourth-order valence-electron chi connectivity index (χ4n) is 13.7. The van der Waals surface area contributed by atoms with Crippen LogP contribution in [0.4, 0.5) is 5.69 Å². The Bertz CT molecular complexity index is 2270. The van der Waals surface area contributed by atoms with Gasteiger partial charge in [-0.1, -0.05) is 66.2 Å². The molecule has 3 N–H and O–H groups in total. The van der Waals surface area contributed by atoms with Gasteiger partial charge in [-0.3, -0.25) is 43.8 Å². The number of carbonyl (C=O) groups is 7. The van der Waals surface area contributed by atoms with Gasteiger partial charge in [0.15, 0.2) is 11.6 Å². The number of hydrogen-bond donors (Lipinski definition) is 3. The van der Waals surface area contributed by atoms with Crippen LogP contribution < -0.4 is 16.0 Å². The standard InChI is InChI=1S/C49H61N5O7/c1-44(2)18-20-49(43(61)52-23-10-8-9-22-51-31-13-11-12-29-37(31)42(60)54(41(29)59)32-14-15-36(56)53-40(32)58)21-19-48(7)38(30(49)26-44)33(55)24-35-46(5)25-28(27-50)39(57)45(3,4)34(46)16-17-47(35,48)6/h11-13,24-25,30,32,34,38,51H,8-10,14-23,26H2,1-7H3,(H,52,61)(H,53,56,58)/t30?,32?,34?,38?,46-,47+,48+,49-/m0/s1. The third kappa shape index (κ3) is 6.29. The van der Waals surface area contributed by atoms with Gasteiger partial charge in [0.05, 0.1) is 22.1 Å². The lowest BCUT2D eigenvalue weighted by molar-refractivity contribution is -0.178. The van der Waals surface area contributed by atoms with Crippen molar-refractivity contribution in [3.05, 3.63) is 52.6 Å². The summed E-state index contributed by atoms with van der Waals surface area (Å²) in [4.78, 5) is 94.8. The summed E-state index contributed by atoms with van der Waals surface area (Å²) >= 11 is 0. The first-order chi connectivity index (χ1) is 28.7. The molecule has 5 amide bonds. The van der Waals surface area contributed by atoms with Crippen molar-refractivity contribution >= 4 is 46.8 Å². The van der Waals surface area contributed by atoms with Crippen molar-refractivity contribution in [2.75, 3.05) is 18.4 Å². The molecule has 0 radical (unpaired) electrons. The van der Waals surface area contributed by atoms with E-state index in [0.717, 1.165) is 68.3 Å². The third-order valence-corrected chi connectivity index (χ3v) is 17.2. The van der Waals surface area contributed by atoms with Gasteiger partial charge in [0, 0.05) is 41.9 Å². The maximum Gasteiger partial charge on any atom is 0.264 e. The second kappa shape index (κ2) is 14.6. The van der Waals surface area contributed by atoms with Crippen molar-refractivity contribution in [3.63, 3.8) is 0 Å². The number of allylic oxidation sites excluding steroid dienone is 4. The van der Waals surface area contributed by atoms with Crippen LogP contribution in [0, 0.1) is 61.6 Å². The van der Waals surface area contributed by atoms with Crippen molar-refractivity contribution in [1.29, 1.82) is 5.26 Å². The predicted molar refractivity (Wildman–Crippen MR) is 227 cm³/mol. The Morgan fingerprint density at radius 2 is 1.61 bits per heavy atom. The Kier molecular flexibility index (Phi) is 10.2. The molecule has 4 unspecified atom stereocenters. The van der Waals surface area contributed by atoms with Crippen LogP contribution in [0.25, 0.3) is 0 Å². The minimum Gasteiger partial charge on any atom is -0.384 e. The summed E-state index contributed by atoms with van der Waals surface area (Å²) in [6.45, 7) is 16.2. The van der Waals surface area contributed by atoms with E-state index in [4.69, 9.17) is 0 Å². The highest BCUT2D eigenvalue weighted by atomic mass is 16.2. The highest BCUT2D eigenvalue weighted by Gasteiger charge is 2.71. The van der Waals surface area contributed by atoms with E-state index in [0.29, 0.717) is 25.2 Å². The highest BCUT2D eigenvalue weighted by Crippen LogP contribution is 2.74. The van der Waals surface area contributed by atoms with Gasteiger partial charge in [-0.2, -0.15) is 5.26 Å². The number of piperidine rings is 1. The lowest BCUT2D eigenvalue weighted by Crippen LogP contribution is -2.66. The smallest absolute Gasteiger partial charge is 0.264 e. The predicted octanol–water partition coefficient (Wildman–Crippen LogP) is 7.01. The zero-order valence-electron chi connectivity index (χ0n) is 36.8. The summed E-state index contributed by atoms with van der Waals surface area (Å²) in [5, 5.41) is 18.9. The number of Topliss-reactive ketones (excluding diaryl/α,β-unsaturated/α-hetero) is 1. The number of carbonyl (C=O) groups excluding carboxylic acids is 7. The van der Waals surface area contributed by atoms with E-state index in [1.807, 2.05) is 26.0 Å². The molecule has 61 heavy (non-hydrogen) atoms. The molecule has 0 bridgehead atoms. The summed E-state index contributed by atoms with van der Waals surface area (Å²) < 4.78 is 0. The molecule has 12 nitrogen and oxygen atoms in total. The van der Waals surface area contributed by atoms with Crippen LogP contribution in [0.3, 0.4) is 0 Å². The molecule has 4 fully saturated rings. The molecule has 2 aliphatic heterocycles. The first-order valence-corrected chi connectivity index (χ1v) is 22.5. The molecule has 8 atom stereocenters. The Hall–Kier alpha value is -4.92. The topological polar surface area (TPSA) is 183 Å². The third-order valence-electron chi connectivity index (χ3n) is 17.2. The van der Waals surface area contributed by atoms with Gasteiger partial charge in [-0.05, 0) is 117 Å². The molecule has 324 valence electrons. The van der Waals surface area contributed by atoms with Gasteiger partial charge in [-0.25, -0.2) is 0 Å². The molecule has 0 aromatic heterocycles. The second-order valence-electron chi connectivity index (χ2n) is 21.3. The molecule has 1 saturated heterocycles. The van der Waals surface area contributed by atoms with E-state index in [1.54, 1.807) is 18.2 Å². The number of imide groups is 2. The van der Waals surface area contributed by atoms with Gasteiger partial charge in [0.25, 0.3) is 11.8 Å². The first kappa shape index (κ1) is 42.8. The maximum atomic E-state index is 14.9. The van der Waals surface area contributed by atoms with Crippen molar-refractivity contribution in [3.8, 4) is 6.07 Å². The molecule has 2 heterocycles. The highest BCUT2D eigenvalue weighted by molar-refractivity contribution is 6.25. The van der Waals surface area contributed by atoms with Crippen molar-refractivity contribution < 1.29 is 33.6 Å². The fraction of sp³-hybridized carbons (Fsp3) is 0.633. The Morgan fingerprint density at radius 3 is 2.33 bits per heavy atom. The van der Waals surface area contributed by atoms with Crippen LogP contribution in [0.2, 0.25) is 0 Å². The number of unbranched alkanes of at least 4 members (excludes halogenated alkanes) is 2. The molecular weight excluding hydrogens is 771 g/mol. The number of nitrogens with one attached hydrogen (secondary N) is 3. The molecule has 8 rings (SSSR count). The van der Waals surface area contributed by atoms with Gasteiger partial charge in [0.1, 0.15) is 12.1 Å². The fourth-order valence-corrected chi connectivity index (χ4v) is 13.7. The molecule has 1 aromatic carbocycles.